The van der Waals surface area contributed by atoms with Gasteiger partial charge in [-0.2, -0.15) is 0 Å². The molecule has 2 aromatic carbocycles. The highest BCUT2D eigenvalue weighted by atomic mass is 32.2. The molecule has 0 aliphatic heterocycles. The molecule has 0 unspecified atom stereocenters. The van der Waals surface area contributed by atoms with E-state index in [1.807, 2.05) is 60.8 Å². The van der Waals surface area contributed by atoms with Gasteiger partial charge in [0.05, 0.1) is 7.11 Å². The number of benzene rings is 2. The number of aryl methyl sites for hydroxylation is 1. The van der Waals surface area contributed by atoms with Crippen LogP contribution < -0.4 is 10.1 Å². The Kier molecular flexibility index (Phi) is 6.88. The third kappa shape index (κ3) is 6.15. The molecule has 0 fully saturated rings. The Balaban J connectivity index is 1.46. The van der Waals surface area contributed by atoms with Crippen LogP contribution in [0.1, 0.15) is 17.5 Å². The quantitative estimate of drug-likeness (QED) is 0.563. The molecular weight excluding hydrogens is 356 g/mol. The van der Waals surface area contributed by atoms with Gasteiger partial charge in [0, 0.05) is 35.2 Å². The third-order valence-electron chi connectivity index (χ3n) is 4.04. The summed E-state index contributed by atoms with van der Waals surface area (Å²) in [6, 6.07) is 19.7. The van der Waals surface area contributed by atoms with E-state index < -0.39 is 0 Å². The third-order valence-corrected chi connectivity index (χ3v) is 5.12. The first-order chi connectivity index (χ1) is 13.2. The van der Waals surface area contributed by atoms with Crippen molar-refractivity contribution in [3.8, 4) is 5.75 Å². The number of aromatic nitrogens is 1. The van der Waals surface area contributed by atoms with Crippen molar-refractivity contribution in [2.45, 2.75) is 23.5 Å². The van der Waals surface area contributed by atoms with E-state index in [1.165, 1.54) is 5.56 Å². The average Bonchev–Trinajstić information content (AvgIpc) is 2.73. The molecule has 1 heterocycles. The summed E-state index contributed by atoms with van der Waals surface area (Å²) < 4.78 is 5.21. The molecule has 0 aliphatic rings. The lowest BCUT2D eigenvalue weighted by atomic mass is 10.1. The Hall–Kier alpha value is -2.79. The zero-order valence-corrected chi connectivity index (χ0v) is 16.0. The smallest absolute Gasteiger partial charge is 0.224 e. The molecular formula is C22H22N2O2S. The highest BCUT2D eigenvalue weighted by Crippen LogP contribution is 2.24. The number of nitrogens with zero attached hydrogens (tertiary/aromatic N) is 1. The SMILES string of the molecule is COc1cccc(CCC(=O)Nc2ccc(SCc3cccnc3)cc2)c1. The Morgan fingerprint density at radius 2 is 1.89 bits per heavy atom. The zero-order valence-electron chi connectivity index (χ0n) is 15.2. The second kappa shape index (κ2) is 9.78. The van der Waals surface area contributed by atoms with E-state index in [1.54, 1.807) is 25.1 Å². The molecule has 3 rings (SSSR count). The molecule has 1 aromatic heterocycles. The molecule has 27 heavy (non-hydrogen) atoms. The Labute approximate surface area is 164 Å². The number of anilines is 1. The maximum atomic E-state index is 12.2. The first-order valence-corrected chi connectivity index (χ1v) is 9.76. The number of ether oxygens (including phenoxy) is 1. The lowest BCUT2D eigenvalue weighted by Crippen LogP contribution is -2.12. The Morgan fingerprint density at radius 3 is 2.63 bits per heavy atom. The van der Waals surface area contributed by atoms with Gasteiger partial charge in [-0.15, -0.1) is 11.8 Å². The minimum absolute atomic E-state index is 0.00795. The van der Waals surface area contributed by atoms with Crippen LogP contribution in [-0.2, 0) is 17.0 Å². The van der Waals surface area contributed by atoms with Crippen molar-refractivity contribution in [1.82, 2.24) is 4.98 Å². The van der Waals surface area contributed by atoms with Crippen molar-refractivity contribution in [2.75, 3.05) is 12.4 Å². The van der Waals surface area contributed by atoms with Crippen LogP contribution in [0.4, 0.5) is 5.69 Å². The molecule has 0 atom stereocenters. The van der Waals surface area contributed by atoms with Crippen LogP contribution in [0.2, 0.25) is 0 Å². The molecule has 0 aliphatic carbocycles. The monoisotopic (exact) mass is 378 g/mol. The number of rotatable bonds is 8. The van der Waals surface area contributed by atoms with Crippen molar-refractivity contribution >= 4 is 23.4 Å². The standard InChI is InChI=1S/C22H22N2O2S/c1-26-20-6-2-4-17(14-20)7-12-22(25)24-19-8-10-21(11-9-19)27-16-18-5-3-13-23-15-18/h2-6,8-11,13-15H,7,12,16H2,1H3,(H,24,25). The lowest BCUT2D eigenvalue weighted by molar-refractivity contribution is -0.116. The number of nitrogens with one attached hydrogen (secondary N) is 1. The lowest BCUT2D eigenvalue weighted by Gasteiger charge is -2.08. The van der Waals surface area contributed by atoms with E-state index in [2.05, 4.69) is 16.4 Å². The molecule has 0 saturated carbocycles. The number of hydrogen-bond acceptors (Lipinski definition) is 4. The van der Waals surface area contributed by atoms with Crippen LogP contribution >= 0.6 is 11.8 Å². The summed E-state index contributed by atoms with van der Waals surface area (Å²) in [6.45, 7) is 0. The normalized spacial score (nSPS) is 10.4. The molecule has 138 valence electrons. The second-order valence-electron chi connectivity index (χ2n) is 6.07. The van der Waals surface area contributed by atoms with Crippen LogP contribution in [-0.4, -0.2) is 18.0 Å². The van der Waals surface area contributed by atoms with Gasteiger partial charge in [0.15, 0.2) is 0 Å². The number of thioether (sulfide) groups is 1. The summed E-state index contributed by atoms with van der Waals surface area (Å²) >= 11 is 1.75. The van der Waals surface area contributed by atoms with Crippen LogP contribution in [0.15, 0.2) is 78.0 Å². The van der Waals surface area contributed by atoms with E-state index in [9.17, 15) is 4.79 Å². The Morgan fingerprint density at radius 1 is 1.07 bits per heavy atom. The highest BCUT2D eigenvalue weighted by Gasteiger charge is 2.05. The minimum atomic E-state index is 0.00795. The van der Waals surface area contributed by atoms with Crippen LogP contribution in [0.3, 0.4) is 0 Å². The maximum absolute atomic E-state index is 12.2. The fraction of sp³-hybridized carbons (Fsp3) is 0.182. The summed E-state index contributed by atoms with van der Waals surface area (Å²) in [5, 5.41) is 2.95. The van der Waals surface area contributed by atoms with Gasteiger partial charge in [-0.3, -0.25) is 9.78 Å². The average molecular weight is 378 g/mol. The van der Waals surface area contributed by atoms with Crippen molar-refractivity contribution in [2.24, 2.45) is 0 Å². The largest absolute Gasteiger partial charge is 0.497 e. The summed E-state index contributed by atoms with van der Waals surface area (Å²) in [5.41, 5.74) is 3.10. The second-order valence-corrected chi connectivity index (χ2v) is 7.12. The van der Waals surface area contributed by atoms with Crippen LogP contribution in [0, 0.1) is 0 Å². The van der Waals surface area contributed by atoms with Gasteiger partial charge in [-0.05, 0) is 60.0 Å². The number of methoxy groups -OCH3 is 1. The predicted octanol–water partition coefficient (Wildman–Crippen LogP) is 4.95. The maximum Gasteiger partial charge on any atom is 0.224 e. The van der Waals surface area contributed by atoms with Crippen LogP contribution in [0.25, 0.3) is 0 Å². The summed E-state index contributed by atoms with van der Waals surface area (Å²) in [4.78, 5) is 17.5. The van der Waals surface area contributed by atoms with Gasteiger partial charge in [-0.25, -0.2) is 0 Å². The van der Waals surface area contributed by atoms with Crippen molar-refractivity contribution in [3.63, 3.8) is 0 Å². The van der Waals surface area contributed by atoms with E-state index in [0.717, 1.165) is 27.6 Å². The molecule has 0 spiro atoms. The molecule has 3 aromatic rings. The van der Waals surface area contributed by atoms with E-state index in [4.69, 9.17) is 4.74 Å². The number of pyridine rings is 1. The van der Waals surface area contributed by atoms with Gasteiger partial charge < -0.3 is 10.1 Å². The highest BCUT2D eigenvalue weighted by molar-refractivity contribution is 7.98. The topological polar surface area (TPSA) is 51.2 Å². The number of carbonyl (C=O) groups is 1. The van der Waals surface area contributed by atoms with Gasteiger partial charge in [0.2, 0.25) is 5.91 Å². The molecule has 1 N–H and O–H groups in total. The molecule has 0 saturated heterocycles. The number of carbonyl (C=O) groups excluding carboxylic acids is 1. The number of hydrogen-bond donors (Lipinski definition) is 1. The van der Waals surface area contributed by atoms with Crippen molar-refractivity contribution in [1.29, 1.82) is 0 Å². The summed E-state index contributed by atoms with van der Waals surface area (Å²) in [7, 11) is 1.64. The minimum Gasteiger partial charge on any atom is -0.497 e. The predicted molar refractivity (Wildman–Crippen MR) is 110 cm³/mol. The van der Waals surface area contributed by atoms with E-state index >= 15 is 0 Å². The van der Waals surface area contributed by atoms with Crippen molar-refractivity contribution in [3.05, 3.63) is 84.2 Å². The zero-order chi connectivity index (χ0) is 18.9. The Bertz CT molecular complexity index is 867. The van der Waals surface area contributed by atoms with Gasteiger partial charge >= 0.3 is 0 Å². The summed E-state index contributed by atoms with van der Waals surface area (Å²) in [5.74, 6) is 1.70. The molecule has 5 heteroatoms. The van der Waals surface area contributed by atoms with Crippen molar-refractivity contribution < 1.29 is 9.53 Å². The molecule has 0 radical (unpaired) electrons. The first kappa shape index (κ1) is 19.0. The molecule has 1 amide bonds. The molecule has 4 nitrogen and oxygen atoms in total. The number of amides is 1. The first-order valence-electron chi connectivity index (χ1n) is 8.77. The van der Waals surface area contributed by atoms with Gasteiger partial charge in [-0.1, -0.05) is 18.2 Å². The fourth-order valence-electron chi connectivity index (χ4n) is 2.59. The van der Waals surface area contributed by atoms with Gasteiger partial charge in [0.1, 0.15) is 5.75 Å². The fourth-order valence-corrected chi connectivity index (χ4v) is 3.43. The molecule has 0 bridgehead atoms. The van der Waals surface area contributed by atoms with Gasteiger partial charge in [0.25, 0.3) is 0 Å². The van der Waals surface area contributed by atoms with E-state index in [0.29, 0.717) is 12.8 Å². The van der Waals surface area contributed by atoms with Crippen LogP contribution in [0.5, 0.6) is 5.75 Å². The summed E-state index contributed by atoms with van der Waals surface area (Å²) in [6.07, 6.45) is 4.77. The van der Waals surface area contributed by atoms with E-state index in [-0.39, 0.29) is 5.91 Å².